The normalized spacial score (nSPS) is 10.8. The Morgan fingerprint density at radius 3 is 2.66 bits per heavy atom. The van der Waals surface area contributed by atoms with Gasteiger partial charge in [0.2, 0.25) is 5.91 Å². The van der Waals surface area contributed by atoms with Gasteiger partial charge >= 0.3 is 0 Å². The minimum absolute atomic E-state index is 0.112. The molecule has 0 radical (unpaired) electrons. The number of aryl methyl sites for hydroxylation is 1. The summed E-state index contributed by atoms with van der Waals surface area (Å²) in [5.41, 5.74) is 2.19. The van der Waals surface area contributed by atoms with Crippen LogP contribution in [0.1, 0.15) is 15.9 Å². The Kier molecular flexibility index (Phi) is 5.99. The number of aromatic nitrogens is 2. The maximum atomic E-state index is 12.7. The van der Waals surface area contributed by atoms with E-state index in [2.05, 4.69) is 26.2 Å². The molecule has 3 rings (SSSR count). The highest BCUT2D eigenvalue weighted by Crippen LogP contribution is 2.20. The van der Waals surface area contributed by atoms with Crippen LogP contribution in [0.3, 0.4) is 0 Å². The van der Waals surface area contributed by atoms with Gasteiger partial charge in [-0.05, 0) is 61.1 Å². The summed E-state index contributed by atoms with van der Waals surface area (Å²) in [5, 5.41) is 3.24. The van der Waals surface area contributed by atoms with Crippen molar-refractivity contribution in [2.75, 3.05) is 18.9 Å². The van der Waals surface area contributed by atoms with Crippen LogP contribution in [0.5, 0.6) is 0 Å². The minimum Gasteiger partial charge on any atom is -0.332 e. The number of fused-ring (bicyclic) bond motifs is 1. The van der Waals surface area contributed by atoms with Gasteiger partial charge in [0.1, 0.15) is 0 Å². The number of likely N-dealkylation sites (N-methyl/N-ethyl adjacent to an activating group) is 1. The lowest BCUT2D eigenvalue weighted by atomic mass is 10.1. The highest BCUT2D eigenvalue weighted by atomic mass is 79.9. The maximum absolute atomic E-state index is 12.7. The molecule has 0 aliphatic carbocycles. The largest absolute Gasteiger partial charge is 0.332 e. The highest BCUT2D eigenvalue weighted by molar-refractivity contribution is 9.10. The lowest BCUT2D eigenvalue weighted by molar-refractivity contribution is -0.116. The lowest BCUT2D eigenvalue weighted by Crippen LogP contribution is -2.35. The molecule has 0 unspecified atom stereocenters. The molecular formula is C20H19BrN4O3S. The number of aromatic amines is 1. The van der Waals surface area contributed by atoms with Crippen molar-refractivity contribution in [3.63, 3.8) is 0 Å². The smallest absolute Gasteiger partial charge is 0.261 e. The second kappa shape index (κ2) is 8.30. The van der Waals surface area contributed by atoms with Crippen molar-refractivity contribution >= 4 is 56.6 Å². The number of amides is 2. The number of H-pyrrole nitrogens is 1. The van der Waals surface area contributed by atoms with E-state index in [-0.39, 0.29) is 28.7 Å². The van der Waals surface area contributed by atoms with Gasteiger partial charge in [0.05, 0.1) is 17.4 Å². The lowest BCUT2D eigenvalue weighted by Gasteiger charge is -2.18. The van der Waals surface area contributed by atoms with E-state index >= 15 is 0 Å². The molecule has 150 valence electrons. The van der Waals surface area contributed by atoms with E-state index in [0.717, 1.165) is 10.0 Å². The molecule has 0 aliphatic rings. The molecule has 29 heavy (non-hydrogen) atoms. The van der Waals surface area contributed by atoms with E-state index in [1.54, 1.807) is 38.4 Å². The summed E-state index contributed by atoms with van der Waals surface area (Å²) in [5.74, 6) is -0.644. The van der Waals surface area contributed by atoms with Gasteiger partial charge in [-0.3, -0.25) is 19.0 Å². The Labute approximate surface area is 180 Å². The van der Waals surface area contributed by atoms with Crippen molar-refractivity contribution in [2.24, 2.45) is 7.05 Å². The monoisotopic (exact) mass is 474 g/mol. The Morgan fingerprint density at radius 2 is 1.97 bits per heavy atom. The standard InChI is InChI=1S/C20H19BrN4O3S/c1-11-8-13(21)5-7-15(11)22-17(26)10-24(2)18(27)12-4-6-14-16(9-12)23-20(29)25(3)19(14)28/h4-9H,10H2,1-3H3,(H,22,26)(H,23,29). The van der Waals surface area contributed by atoms with E-state index in [0.29, 0.717) is 22.2 Å². The first kappa shape index (κ1) is 20.9. The number of nitrogens with one attached hydrogen (secondary N) is 2. The second-order valence-electron chi connectivity index (χ2n) is 6.72. The fraction of sp³-hybridized carbons (Fsp3) is 0.200. The molecule has 2 amide bonds. The molecule has 2 N–H and O–H groups in total. The first-order valence-corrected chi connectivity index (χ1v) is 9.92. The molecule has 9 heteroatoms. The Hall–Kier alpha value is -2.78. The summed E-state index contributed by atoms with van der Waals surface area (Å²) >= 11 is 8.50. The molecular weight excluding hydrogens is 456 g/mol. The van der Waals surface area contributed by atoms with Gasteiger partial charge in [-0.25, -0.2) is 0 Å². The molecule has 3 aromatic rings. The number of carbonyl (C=O) groups excluding carboxylic acids is 2. The number of nitrogens with zero attached hydrogens (tertiary/aromatic N) is 2. The van der Waals surface area contributed by atoms with Crippen LogP contribution in [-0.2, 0) is 11.8 Å². The van der Waals surface area contributed by atoms with E-state index < -0.39 is 0 Å². The molecule has 2 aromatic carbocycles. The number of carbonyl (C=O) groups is 2. The molecule has 0 saturated heterocycles. The Morgan fingerprint density at radius 1 is 1.24 bits per heavy atom. The fourth-order valence-corrected chi connectivity index (χ4v) is 3.57. The summed E-state index contributed by atoms with van der Waals surface area (Å²) < 4.78 is 2.52. The number of hydrogen-bond donors (Lipinski definition) is 2. The Balaban J connectivity index is 1.77. The van der Waals surface area contributed by atoms with Crippen molar-refractivity contribution in [3.05, 3.63) is 67.1 Å². The molecule has 0 saturated carbocycles. The molecule has 7 nitrogen and oxygen atoms in total. The SMILES string of the molecule is Cc1cc(Br)ccc1NC(=O)CN(C)C(=O)c1ccc2c(=O)n(C)c(=S)[nH]c2c1. The zero-order valence-corrected chi connectivity index (χ0v) is 18.5. The van der Waals surface area contributed by atoms with Gasteiger partial charge in [0, 0.05) is 29.8 Å². The van der Waals surface area contributed by atoms with Crippen molar-refractivity contribution in [1.82, 2.24) is 14.5 Å². The molecule has 0 aliphatic heterocycles. The maximum Gasteiger partial charge on any atom is 0.261 e. The number of halogens is 1. The molecule has 0 bridgehead atoms. The third-order valence-corrected chi connectivity index (χ3v) is 5.41. The highest BCUT2D eigenvalue weighted by Gasteiger charge is 2.17. The average Bonchev–Trinajstić information content (AvgIpc) is 2.67. The van der Waals surface area contributed by atoms with Crippen LogP contribution in [-0.4, -0.2) is 39.9 Å². The van der Waals surface area contributed by atoms with Gasteiger partial charge in [0.25, 0.3) is 11.5 Å². The summed E-state index contributed by atoms with van der Waals surface area (Å²) in [4.78, 5) is 41.6. The summed E-state index contributed by atoms with van der Waals surface area (Å²) in [6.45, 7) is 1.78. The Bertz CT molecular complexity index is 1250. The van der Waals surface area contributed by atoms with Gasteiger partial charge in [0.15, 0.2) is 4.77 Å². The topological polar surface area (TPSA) is 87.2 Å². The number of anilines is 1. The quantitative estimate of drug-likeness (QED) is 0.567. The summed E-state index contributed by atoms with van der Waals surface area (Å²) in [6.07, 6.45) is 0. The summed E-state index contributed by atoms with van der Waals surface area (Å²) in [7, 11) is 3.13. The van der Waals surface area contributed by atoms with E-state index in [4.69, 9.17) is 12.2 Å². The fourth-order valence-electron chi connectivity index (χ4n) is 2.90. The van der Waals surface area contributed by atoms with Gasteiger partial charge in [-0.15, -0.1) is 0 Å². The van der Waals surface area contributed by atoms with E-state index in [9.17, 15) is 14.4 Å². The summed E-state index contributed by atoms with van der Waals surface area (Å²) in [6, 6.07) is 10.2. The van der Waals surface area contributed by atoms with Crippen LogP contribution in [0, 0.1) is 11.7 Å². The van der Waals surface area contributed by atoms with Gasteiger partial charge in [-0.1, -0.05) is 15.9 Å². The average molecular weight is 475 g/mol. The predicted octanol–water partition coefficient (Wildman–Crippen LogP) is 3.38. The zero-order valence-electron chi connectivity index (χ0n) is 16.1. The molecule has 1 aromatic heterocycles. The third-order valence-electron chi connectivity index (χ3n) is 4.54. The van der Waals surface area contributed by atoms with Crippen molar-refractivity contribution in [2.45, 2.75) is 6.92 Å². The van der Waals surface area contributed by atoms with Crippen molar-refractivity contribution < 1.29 is 9.59 Å². The first-order chi connectivity index (χ1) is 13.7. The van der Waals surface area contributed by atoms with Crippen LogP contribution in [0.25, 0.3) is 10.9 Å². The van der Waals surface area contributed by atoms with Crippen LogP contribution in [0.15, 0.2) is 45.7 Å². The third kappa shape index (κ3) is 4.46. The van der Waals surface area contributed by atoms with E-state index in [1.807, 2.05) is 19.1 Å². The molecule has 1 heterocycles. The second-order valence-corrected chi connectivity index (χ2v) is 8.03. The van der Waals surface area contributed by atoms with Crippen molar-refractivity contribution in [1.29, 1.82) is 0 Å². The van der Waals surface area contributed by atoms with Crippen LogP contribution < -0.4 is 10.9 Å². The predicted molar refractivity (Wildman–Crippen MR) is 119 cm³/mol. The molecule has 0 spiro atoms. The van der Waals surface area contributed by atoms with Crippen LogP contribution >= 0.6 is 28.1 Å². The van der Waals surface area contributed by atoms with Crippen molar-refractivity contribution in [3.8, 4) is 0 Å². The van der Waals surface area contributed by atoms with Crippen LogP contribution in [0.4, 0.5) is 5.69 Å². The zero-order chi connectivity index (χ0) is 21.3. The van der Waals surface area contributed by atoms with Gasteiger partial charge in [-0.2, -0.15) is 0 Å². The molecule has 0 atom stereocenters. The van der Waals surface area contributed by atoms with Crippen LogP contribution in [0.2, 0.25) is 0 Å². The van der Waals surface area contributed by atoms with Gasteiger partial charge < -0.3 is 15.2 Å². The first-order valence-electron chi connectivity index (χ1n) is 8.72. The number of rotatable bonds is 4. The van der Waals surface area contributed by atoms with E-state index in [1.165, 1.54) is 9.47 Å². The number of hydrogen-bond acceptors (Lipinski definition) is 4. The number of benzene rings is 2. The minimum atomic E-state index is -0.338. The molecule has 0 fully saturated rings.